The molecule has 2 amide bonds. The van der Waals surface area contributed by atoms with Gasteiger partial charge in [0.05, 0.1) is 22.8 Å². The lowest BCUT2D eigenvalue weighted by atomic mass is 10.1. The number of fused-ring (bicyclic) bond motifs is 1. The molecule has 156 valence electrons. The van der Waals surface area contributed by atoms with Gasteiger partial charge in [0, 0.05) is 37.9 Å². The van der Waals surface area contributed by atoms with E-state index < -0.39 is 5.91 Å². The van der Waals surface area contributed by atoms with Crippen LogP contribution >= 0.6 is 0 Å². The number of aryl methyl sites for hydroxylation is 1. The third-order valence-electron chi connectivity index (χ3n) is 5.91. The summed E-state index contributed by atoms with van der Waals surface area (Å²) >= 11 is 0. The smallest absolute Gasteiger partial charge is 0.273 e. The number of ether oxygens (including phenoxy) is 1. The first kappa shape index (κ1) is 19.6. The topological polar surface area (TPSA) is 110 Å². The van der Waals surface area contributed by atoms with Crippen LogP contribution in [0.25, 0.3) is 11.0 Å². The molecule has 1 unspecified atom stereocenters. The van der Waals surface area contributed by atoms with Crippen molar-refractivity contribution < 1.29 is 14.3 Å². The number of aromatic nitrogens is 3. The van der Waals surface area contributed by atoms with Crippen molar-refractivity contribution in [2.24, 2.45) is 11.3 Å². The zero-order chi connectivity index (χ0) is 20.6. The summed E-state index contributed by atoms with van der Waals surface area (Å²) in [6.07, 6.45) is 5.82. The first-order chi connectivity index (χ1) is 13.9. The van der Waals surface area contributed by atoms with E-state index in [0.29, 0.717) is 31.0 Å². The third kappa shape index (κ3) is 3.91. The van der Waals surface area contributed by atoms with Crippen LogP contribution in [0.4, 0.5) is 5.69 Å². The SMILES string of the molecule is CCn1ncc2c(NC3CCOCC3)c(C(=O)NNC(=O)C3CC3(C)C)cnc21. The fourth-order valence-corrected chi connectivity index (χ4v) is 3.82. The molecule has 3 N–H and O–H groups in total. The van der Waals surface area contributed by atoms with Gasteiger partial charge in [-0.3, -0.25) is 20.4 Å². The lowest BCUT2D eigenvalue weighted by Crippen LogP contribution is -2.43. The Labute approximate surface area is 169 Å². The molecule has 2 aromatic rings. The number of anilines is 1. The Bertz CT molecular complexity index is 932. The third-order valence-corrected chi connectivity index (χ3v) is 5.91. The van der Waals surface area contributed by atoms with Crippen LogP contribution < -0.4 is 16.2 Å². The maximum absolute atomic E-state index is 12.9. The summed E-state index contributed by atoms with van der Waals surface area (Å²) in [6, 6.07) is 0.202. The Morgan fingerprint density at radius 3 is 2.62 bits per heavy atom. The first-order valence-corrected chi connectivity index (χ1v) is 10.2. The Kier molecular flexibility index (Phi) is 5.16. The van der Waals surface area contributed by atoms with Gasteiger partial charge >= 0.3 is 0 Å². The number of hydrazine groups is 1. The number of hydrogen-bond donors (Lipinski definition) is 3. The molecule has 1 aliphatic heterocycles. The molecule has 0 aromatic carbocycles. The Hall–Kier alpha value is -2.68. The molecule has 0 bridgehead atoms. The van der Waals surface area contributed by atoms with Crippen LogP contribution in [0.5, 0.6) is 0 Å². The van der Waals surface area contributed by atoms with Crippen molar-refractivity contribution in [3.63, 3.8) is 0 Å². The van der Waals surface area contributed by atoms with E-state index in [1.807, 2.05) is 20.8 Å². The zero-order valence-electron chi connectivity index (χ0n) is 17.1. The van der Waals surface area contributed by atoms with Gasteiger partial charge in [0.25, 0.3) is 5.91 Å². The van der Waals surface area contributed by atoms with E-state index in [-0.39, 0.29) is 23.3 Å². The second kappa shape index (κ2) is 7.62. The van der Waals surface area contributed by atoms with Gasteiger partial charge in [-0.25, -0.2) is 9.67 Å². The molecular formula is C20H28N6O3. The summed E-state index contributed by atoms with van der Waals surface area (Å²) in [4.78, 5) is 29.6. The number of carbonyl (C=O) groups is 2. The van der Waals surface area contributed by atoms with Crippen LogP contribution in [0.3, 0.4) is 0 Å². The number of rotatable bonds is 5. The van der Waals surface area contributed by atoms with Crippen molar-refractivity contribution in [1.29, 1.82) is 0 Å². The van der Waals surface area contributed by atoms with E-state index in [1.54, 1.807) is 17.1 Å². The molecule has 0 radical (unpaired) electrons. The van der Waals surface area contributed by atoms with Crippen molar-refractivity contribution in [1.82, 2.24) is 25.6 Å². The molecule has 9 nitrogen and oxygen atoms in total. The molecule has 1 saturated carbocycles. The van der Waals surface area contributed by atoms with Gasteiger partial charge in [0.1, 0.15) is 0 Å². The van der Waals surface area contributed by atoms with Crippen molar-refractivity contribution >= 4 is 28.5 Å². The molecule has 29 heavy (non-hydrogen) atoms. The minimum atomic E-state index is -0.398. The number of hydrogen-bond acceptors (Lipinski definition) is 6. The van der Waals surface area contributed by atoms with Gasteiger partial charge in [-0.1, -0.05) is 13.8 Å². The first-order valence-electron chi connectivity index (χ1n) is 10.2. The molecule has 2 aliphatic rings. The van der Waals surface area contributed by atoms with Gasteiger partial charge in [0.15, 0.2) is 5.65 Å². The highest BCUT2D eigenvalue weighted by Gasteiger charge is 2.50. The Morgan fingerprint density at radius 1 is 1.24 bits per heavy atom. The predicted molar refractivity (Wildman–Crippen MR) is 108 cm³/mol. The number of nitrogens with one attached hydrogen (secondary N) is 3. The summed E-state index contributed by atoms with van der Waals surface area (Å²) in [5.41, 5.74) is 6.91. The van der Waals surface area contributed by atoms with Crippen molar-refractivity contribution in [2.45, 2.75) is 52.6 Å². The molecule has 2 aromatic heterocycles. The minimum Gasteiger partial charge on any atom is -0.381 e. The number of pyridine rings is 1. The summed E-state index contributed by atoms with van der Waals surface area (Å²) in [6.45, 7) is 8.14. The quantitative estimate of drug-likeness (QED) is 0.661. The molecular weight excluding hydrogens is 372 g/mol. The summed E-state index contributed by atoms with van der Waals surface area (Å²) in [7, 11) is 0. The normalized spacial score (nSPS) is 21.0. The fraction of sp³-hybridized carbons (Fsp3) is 0.600. The van der Waals surface area contributed by atoms with E-state index in [9.17, 15) is 9.59 Å². The van der Waals surface area contributed by atoms with Crippen LogP contribution in [0.2, 0.25) is 0 Å². The van der Waals surface area contributed by atoms with Crippen molar-refractivity contribution in [2.75, 3.05) is 18.5 Å². The molecule has 1 aliphatic carbocycles. The van der Waals surface area contributed by atoms with E-state index in [0.717, 1.165) is 30.3 Å². The molecule has 3 heterocycles. The van der Waals surface area contributed by atoms with Gasteiger partial charge < -0.3 is 10.1 Å². The lowest BCUT2D eigenvalue weighted by molar-refractivity contribution is -0.123. The monoisotopic (exact) mass is 400 g/mol. The Morgan fingerprint density at radius 2 is 1.97 bits per heavy atom. The van der Waals surface area contributed by atoms with Gasteiger partial charge in [-0.05, 0) is 31.6 Å². The minimum absolute atomic E-state index is 0.000217. The van der Waals surface area contributed by atoms with E-state index in [4.69, 9.17) is 4.74 Å². The molecule has 0 spiro atoms. The number of carbonyl (C=O) groups excluding carboxylic acids is 2. The van der Waals surface area contributed by atoms with Crippen LogP contribution in [0, 0.1) is 11.3 Å². The zero-order valence-corrected chi connectivity index (χ0v) is 17.1. The average Bonchev–Trinajstić information content (AvgIpc) is 3.16. The van der Waals surface area contributed by atoms with Crippen molar-refractivity contribution in [3.8, 4) is 0 Å². The number of nitrogens with zero attached hydrogens (tertiary/aromatic N) is 3. The molecule has 1 atom stereocenters. The highest BCUT2D eigenvalue weighted by molar-refractivity contribution is 6.07. The molecule has 2 fully saturated rings. The van der Waals surface area contributed by atoms with Crippen LogP contribution in [0.15, 0.2) is 12.4 Å². The summed E-state index contributed by atoms with van der Waals surface area (Å²) in [5.74, 6) is -0.619. The summed E-state index contributed by atoms with van der Waals surface area (Å²) in [5, 5.41) is 8.67. The number of amides is 2. The fourth-order valence-electron chi connectivity index (χ4n) is 3.82. The van der Waals surface area contributed by atoms with Crippen LogP contribution in [-0.2, 0) is 16.1 Å². The van der Waals surface area contributed by atoms with Gasteiger partial charge in [-0.2, -0.15) is 5.10 Å². The maximum atomic E-state index is 12.9. The van der Waals surface area contributed by atoms with Gasteiger partial charge in [-0.15, -0.1) is 0 Å². The summed E-state index contributed by atoms with van der Waals surface area (Å²) < 4.78 is 7.23. The Balaban J connectivity index is 1.57. The molecule has 4 rings (SSSR count). The van der Waals surface area contributed by atoms with E-state index in [2.05, 4.69) is 26.3 Å². The van der Waals surface area contributed by atoms with E-state index in [1.165, 1.54) is 0 Å². The van der Waals surface area contributed by atoms with Crippen LogP contribution in [0.1, 0.15) is 50.4 Å². The molecule has 1 saturated heterocycles. The predicted octanol–water partition coefficient (Wildman–Crippen LogP) is 1.85. The molecule has 9 heteroatoms. The second-order valence-electron chi connectivity index (χ2n) is 8.46. The lowest BCUT2D eigenvalue weighted by Gasteiger charge is -2.25. The van der Waals surface area contributed by atoms with Gasteiger partial charge in [0.2, 0.25) is 5.91 Å². The largest absolute Gasteiger partial charge is 0.381 e. The highest BCUT2D eigenvalue weighted by atomic mass is 16.5. The standard InChI is InChI=1S/C20H28N6O3/c1-4-26-17-13(11-22-26)16(23-12-5-7-29-8-6-12)14(10-21-17)18(27)24-25-19(28)15-9-20(15,2)3/h10-12,15H,4-9H2,1-3H3,(H,21,23)(H,24,27)(H,25,28). The highest BCUT2D eigenvalue weighted by Crippen LogP contribution is 2.51. The van der Waals surface area contributed by atoms with Crippen molar-refractivity contribution in [3.05, 3.63) is 18.0 Å². The van der Waals surface area contributed by atoms with E-state index >= 15 is 0 Å². The van der Waals surface area contributed by atoms with Crippen LogP contribution in [-0.4, -0.2) is 45.8 Å². The average molecular weight is 400 g/mol. The maximum Gasteiger partial charge on any atom is 0.273 e. The second-order valence-corrected chi connectivity index (χ2v) is 8.46.